The second-order valence-corrected chi connectivity index (χ2v) is 11.5. The average Bonchev–Trinajstić information content (AvgIpc) is 3.05. The molecule has 3 aromatic rings. The fraction of sp³-hybridized carbons (Fsp3) is 0.263. The first-order valence-electron chi connectivity index (χ1n) is 7.46. The monoisotopic (exact) mass is 377 g/mol. The van der Waals surface area contributed by atoms with Gasteiger partial charge in [-0.2, -0.15) is 0 Å². The van der Waals surface area contributed by atoms with Crippen molar-refractivity contribution in [2.45, 2.75) is 29.5 Å². The Morgan fingerprint density at radius 2 is 1.82 bits per heavy atom. The summed E-state index contributed by atoms with van der Waals surface area (Å²) >= 11 is 1.36. The van der Waals surface area contributed by atoms with Crippen molar-refractivity contribution < 1.29 is 4.74 Å². The van der Waals surface area contributed by atoms with Gasteiger partial charge in [0.2, 0.25) is 0 Å². The summed E-state index contributed by atoms with van der Waals surface area (Å²) in [5.74, 6) is 5.78. The molecule has 114 valence electrons. The molecule has 0 saturated carbocycles. The number of fused-ring (bicyclic) bond motifs is 1. The summed E-state index contributed by atoms with van der Waals surface area (Å²) in [6.45, 7) is 0. The molecular formula is C19H21OSSe+. The van der Waals surface area contributed by atoms with Gasteiger partial charge in [0.1, 0.15) is 0 Å². The molecule has 0 unspecified atom stereocenters. The maximum absolute atomic E-state index is 6.45. The van der Waals surface area contributed by atoms with E-state index in [0.717, 1.165) is 12.2 Å². The van der Waals surface area contributed by atoms with Gasteiger partial charge in [-0.25, -0.2) is 0 Å². The van der Waals surface area contributed by atoms with Crippen LogP contribution in [-0.4, -0.2) is 13.9 Å². The van der Waals surface area contributed by atoms with Crippen LogP contribution in [0, 0.1) is 0 Å². The molecule has 0 aliphatic carbocycles. The normalized spacial score (nSPS) is 12.7. The maximum atomic E-state index is 6.45. The minimum atomic E-state index is -0.438. The summed E-state index contributed by atoms with van der Waals surface area (Å²) in [4.78, 5) is 1.33. The summed E-state index contributed by atoms with van der Waals surface area (Å²) in [5, 5.41) is 5.88. The molecule has 1 nitrogen and oxygen atoms in total. The molecular weight excluding hydrogens is 355 g/mol. The third kappa shape index (κ3) is 3.73. The van der Waals surface area contributed by atoms with E-state index in [1.165, 1.54) is 21.0 Å². The molecule has 0 N–H and O–H groups in total. The Hall–Kier alpha value is -1.28. The van der Waals surface area contributed by atoms with Crippen LogP contribution in [-0.2, 0) is 0 Å². The Balaban J connectivity index is 1.88. The quantitative estimate of drug-likeness (QED) is 0.468. The SMILES string of the molecule is C[Se+](C)CC[C@H](Oc1cccc2ccccc12)c1cccs1. The van der Waals surface area contributed by atoms with Gasteiger partial charge >= 0.3 is 141 Å². The first kappa shape index (κ1) is 15.6. The zero-order valence-corrected chi connectivity index (χ0v) is 15.5. The minimum absolute atomic E-state index is 0.178. The number of hydrogen-bond donors (Lipinski definition) is 0. The molecule has 3 heteroatoms. The van der Waals surface area contributed by atoms with Gasteiger partial charge in [0.05, 0.1) is 0 Å². The van der Waals surface area contributed by atoms with Crippen molar-refractivity contribution in [3.63, 3.8) is 0 Å². The van der Waals surface area contributed by atoms with Crippen molar-refractivity contribution in [1.29, 1.82) is 0 Å². The van der Waals surface area contributed by atoms with Gasteiger partial charge in [-0.15, -0.1) is 0 Å². The van der Waals surface area contributed by atoms with Gasteiger partial charge in [-0.05, 0) is 0 Å². The fourth-order valence-electron chi connectivity index (χ4n) is 2.53. The van der Waals surface area contributed by atoms with E-state index in [9.17, 15) is 0 Å². The van der Waals surface area contributed by atoms with Gasteiger partial charge in [0.15, 0.2) is 0 Å². The molecule has 0 radical (unpaired) electrons. The van der Waals surface area contributed by atoms with Crippen LogP contribution in [0.25, 0.3) is 10.8 Å². The summed E-state index contributed by atoms with van der Waals surface area (Å²) in [7, 11) is 0. The Morgan fingerprint density at radius 1 is 1.00 bits per heavy atom. The van der Waals surface area contributed by atoms with Crippen LogP contribution in [0.4, 0.5) is 0 Å². The van der Waals surface area contributed by atoms with E-state index in [-0.39, 0.29) is 6.10 Å². The van der Waals surface area contributed by atoms with Crippen LogP contribution in [0.15, 0.2) is 60.0 Å². The van der Waals surface area contributed by atoms with Crippen molar-refractivity contribution in [2.24, 2.45) is 0 Å². The third-order valence-corrected chi connectivity index (χ3v) is 6.84. The van der Waals surface area contributed by atoms with Gasteiger partial charge in [-0.3, -0.25) is 0 Å². The van der Waals surface area contributed by atoms with E-state index in [4.69, 9.17) is 4.74 Å². The zero-order chi connectivity index (χ0) is 15.4. The van der Waals surface area contributed by atoms with E-state index >= 15 is 0 Å². The van der Waals surface area contributed by atoms with E-state index in [1.807, 2.05) is 0 Å². The molecule has 0 aliphatic rings. The van der Waals surface area contributed by atoms with Gasteiger partial charge in [0, 0.05) is 0 Å². The number of hydrogen-bond acceptors (Lipinski definition) is 2. The molecule has 0 spiro atoms. The van der Waals surface area contributed by atoms with Crippen molar-refractivity contribution in [2.75, 3.05) is 0 Å². The summed E-state index contributed by atoms with van der Waals surface area (Å²) in [5.41, 5.74) is 0. The fourth-order valence-corrected chi connectivity index (χ4v) is 4.76. The molecule has 1 atom stereocenters. The topological polar surface area (TPSA) is 9.23 Å². The van der Waals surface area contributed by atoms with Gasteiger partial charge < -0.3 is 0 Å². The molecule has 0 amide bonds. The predicted molar refractivity (Wildman–Crippen MR) is 98.5 cm³/mol. The second kappa shape index (κ2) is 7.32. The molecule has 1 aromatic heterocycles. The molecule has 2 aromatic carbocycles. The summed E-state index contributed by atoms with van der Waals surface area (Å²) < 4.78 is 6.45. The molecule has 0 bridgehead atoms. The van der Waals surface area contributed by atoms with Crippen LogP contribution in [0.1, 0.15) is 17.4 Å². The van der Waals surface area contributed by atoms with Crippen molar-refractivity contribution in [3.05, 3.63) is 64.9 Å². The van der Waals surface area contributed by atoms with Crippen molar-refractivity contribution in [3.8, 4) is 5.75 Å². The molecule has 0 saturated heterocycles. The number of benzene rings is 2. The second-order valence-electron chi connectivity index (χ2n) is 5.58. The molecule has 22 heavy (non-hydrogen) atoms. The van der Waals surface area contributed by atoms with Crippen LogP contribution >= 0.6 is 11.3 Å². The number of rotatable bonds is 6. The standard InChI is InChI=1S/C19H21OSSe/c1-22(2)14-12-18(19-11-6-13-21-19)20-17-10-5-8-15-7-3-4-9-16(15)17/h3-11,13,18H,12,14H2,1-2H3/q+1/t18-/m0/s1. The van der Waals surface area contributed by atoms with Gasteiger partial charge in [0.25, 0.3) is 0 Å². The summed E-state index contributed by atoms with van der Waals surface area (Å²) in [6, 6.07) is 19.1. The number of ether oxygens (including phenoxy) is 1. The van der Waals surface area contributed by atoms with E-state index in [1.54, 1.807) is 11.3 Å². The van der Waals surface area contributed by atoms with Crippen LogP contribution in [0.5, 0.6) is 5.75 Å². The molecule has 0 fully saturated rings. The average molecular weight is 376 g/mol. The number of thiophene rings is 1. The Kier molecular flexibility index (Phi) is 5.20. The molecule has 1 heterocycles. The van der Waals surface area contributed by atoms with E-state index in [0.29, 0.717) is 0 Å². The first-order chi connectivity index (χ1) is 10.7. The van der Waals surface area contributed by atoms with Crippen LogP contribution < -0.4 is 4.74 Å². The van der Waals surface area contributed by atoms with Crippen molar-refractivity contribution >= 4 is 36.0 Å². The van der Waals surface area contributed by atoms with Crippen molar-refractivity contribution in [1.82, 2.24) is 0 Å². The molecule has 3 rings (SSSR count). The van der Waals surface area contributed by atoms with E-state index in [2.05, 4.69) is 71.6 Å². The Labute approximate surface area is 140 Å². The predicted octanol–water partition coefficient (Wildman–Crippen LogP) is 6.17. The van der Waals surface area contributed by atoms with Crippen LogP contribution in [0.2, 0.25) is 17.0 Å². The third-order valence-electron chi connectivity index (χ3n) is 3.67. The Morgan fingerprint density at radius 3 is 2.59 bits per heavy atom. The molecule has 0 aliphatic heterocycles. The van der Waals surface area contributed by atoms with Gasteiger partial charge in [-0.1, -0.05) is 0 Å². The Bertz CT molecular complexity index is 716. The zero-order valence-electron chi connectivity index (χ0n) is 13.0. The van der Waals surface area contributed by atoms with Crippen LogP contribution in [0.3, 0.4) is 0 Å². The summed E-state index contributed by atoms with van der Waals surface area (Å²) in [6.07, 6.45) is 1.29. The van der Waals surface area contributed by atoms with E-state index < -0.39 is 13.9 Å². The first-order valence-corrected chi connectivity index (χ1v) is 13.0.